The number of carbonyl (C=O) groups excluding carboxylic acids is 3. The molecule has 13 heteroatoms. The third kappa shape index (κ3) is 8.36. The standard InChI is InChI=1S/C30H33F2N5O5S/c1-3-18-4-8-21(9-5-18)41-22-10-6-19(7-11-22)28(39)35-14-26(38)37-15-23(42-30(31)32)13-24(37)29(40)36-17(2)25-12-20(16-43-25)27(33)34/h4-12,16-17,23-24,30H,3,13-15H2,1-2H3,(H3,33,34)(H,35,39)(H,36,40)/t17-,23-,24+/m1/s1. The van der Waals surface area contributed by atoms with Crippen LogP contribution in [-0.2, 0) is 20.7 Å². The fourth-order valence-corrected chi connectivity index (χ4v) is 5.55. The maximum absolute atomic E-state index is 13.2. The summed E-state index contributed by atoms with van der Waals surface area (Å²) in [4.78, 5) is 40.9. The first-order valence-electron chi connectivity index (χ1n) is 13.6. The second kappa shape index (κ2) is 14.2. The highest BCUT2D eigenvalue weighted by Crippen LogP contribution is 2.26. The third-order valence-electron chi connectivity index (χ3n) is 6.98. The SMILES string of the molecule is CCc1ccc(Oc2ccc(C(=O)NCC(=O)N3C[C@H](OC(F)F)C[C@H]3C(=O)N[C@H](C)c3cc(C(=N)N)cs3)cc2)cc1. The predicted octanol–water partition coefficient (Wildman–Crippen LogP) is 4.20. The molecule has 3 aromatic rings. The number of ether oxygens (including phenoxy) is 2. The van der Waals surface area contributed by atoms with Crippen LogP contribution in [0.25, 0.3) is 0 Å². The van der Waals surface area contributed by atoms with Gasteiger partial charge in [0.25, 0.3) is 5.91 Å². The zero-order chi connectivity index (χ0) is 31.1. The molecule has 1 fully saturated rings. The summed E-state index contributed by atoms with van der Waals surface area (Å²) in [6.45, 7) is 0.0352. The van der Waals surface area contributed by atoms with Crippen molar-refractivity contribution in [3.8, 4) is 11.5 Å². The van der Waals surface area contributed by atoms with Gasteiger partial charge >= 0.3 is 6.61 Å². The van der Waals surface area contributed by atoms with Gasteiger partial charge in [-0.3, -0.25) is 19.8 Å². The van der Waals surface area contributed by atoms with Gasteiger partial charge in [-0.25, -0.2) is 0 Å². The molecular weight excluding hydrogens is 580 g/mol. The maximum Gasteiger partial charge on any atom is 0.345 e. The first kappa shape index (κ1) is 31.6. The largest absolute Gasteiger partial charge is 0.457 e. The number of thiophene rings is 1. The zero-order valence-electron chi connectivity index (χ0n) is 23.6. The minimum atomic E-state index is -3.07. The molecule has 0 radical (unpaired) electrons. The van der Waals surface area contributed by atoms with Gasteiger partial charge in [-0.1, -0.05) is 19.1 Å². The van der Waals surface area contributed by atoms with Crippen molar-refractivity contribution in [1.82, 2.24) is 15.5 Å². The van der Waals surface area contributed by atoms with E-state index >= 15 is 0 Å². The summed E-state index contributed by atoms with van der Waals surface area (Å²) in [5, 5.41) is 14.6. The van der Waals surface area contributed by atoms with Crippen molar-refractivity contribution in [2.75, 3.05) is 13.1 Å². The molecule has 0 aliphatic carbocycles. The molecule has 3 amide bonds. The highest BCUT2D eigenvalue weighted by atomic mass is 32.1. The lowest BCUT2D eigenvalue weighted by molar-refractivity contribution is -0.160. The van der Waals surface area contributed by atoms with Gasteiger partial charge in [-0.2, -0.15) is 8.78 Å². The molecule has 5 N–H and O–H groups in total. The second-order valence-electron chi connectivity index (χ2n) is 10.0. The molecule has 1 aliphatic heterocycles. The summed E-state index contributed by atoms with van der Waals surface area (Å²) in [6, 6.07) is 14.1. The van der Waals surface area contributed by atoms with Gasteiger partial charge in [0.05, 0.1) is 18.7 Å². The first-order valence-corrected chi connectivity index (χ1v) is 14.5. The minimum absolute atomic E-state index is 0.107. The van der Waals surface area contributed by atoms with Crippen LogP contribution in [0.15, 0.2) is 60.0 Å². The number of nitrogens with zero attached hydrogens (tertiary/aromatic N) is 1. The van der Waals surface area contributed by atoms with E-state index in [1.807, 2.05) is 24.3 Å². The Kier molecular flexibility index (Phi) is 10.4. The number of benzene rings is 2. The van der Waals surface area contributed by atoms with Crippen LogP contribution in [0.2, 0.25) is 0 Å². The van der Waals surface area contributed by atoms with Gasteiger partial charge in [0.1, 0.15) is 23.4 Å². The summed E-state index contributed by atoms with van der Waals surface area (Å²) >= 11 is 1.30. The fraction of sp³-hybridized carbons (Fsp3) is 0.333. The smallest absolute Gasteiger partial charge is 0.345 e. The molecule has 0 bridgehead atoms. The number of hydrogen-bond donors (Lipinski definition) is 4. The Bertz CT molecular complexity index is 1450. The lowest BCUT2D eigenvalue weighted by Gasteiger charge is -2.25. The van der Waals surface area contributed by atoms with E-state index < -0.39 is 49.1 Å². The number of likely N-dealkylation sites (tertiary alicyclic amines) is 1. The Balaban J connectivity index is 1.35. The van der Waals surface area contributed by atoms with Gasteiger partial charge in [0.2, 0.25) is 11.8 Å². The van der Waals surface area contributed by atoms with E-state index in [1.165, 1.54) is 16.9 Å². The van der Waals surface area contributed by atoms with Gasteiger partial charge in [0, 0.05) is 34.3 Å². The van der Waals surface area contributed by atoms with Gasteiger partial charge in [-0.05, 0) is 61.4 Å². The normalized spacial score (nSPS) is 17.0. The van der Waals surface area contributed by atoms with Crippen LogP contribution < -0.4 is 21.1 Å². The molecule has 228 valence electrons. The summed E-state index contributed by atoms with van der Waals surface area (Å²) in [7, 11) is 0. The number of amidine groups is 1. The van der Waals surface area contributed by atoms with Crippen molar-refractivity contribution in [3.05, 3.63) is 81.5 Å². The van der Waals surface area contributed by atoms with Crippen molar-refractivity contribution >= 4 is 34.9 Å². The molecule has 1 saturated heterocycles. The van der Waals surface area contributed by atoms with E-state index in [2.05, 4.69) is 22.3 Å². The topological polar surface area (TPSA) is 147 Å². The molecule has 0 saturated carbocycles. The number of rotatable bonds is 12. The van der Waals surface area contributed by atoms with Crippen molar-refractivity contribution in [2.24, 2.45) is 5.73 Å². The molecule has 10 nitrogen and oxygen atoms in total. The van der Waals surface area contributed by atoms with Crippen LogP contribution in [0.3, 0.4) is 0 Å². The maximum atomic E-state index is 13.2. The van der Waals surface area contributed by atoms with E-state index in [9.17, 15) is 23.2 Å². The molecule has 0 unspecified atom stereocenters. The lowest BCUT2D eigenvalue weighted by Crippen LogP contribution is -2.49. The summed E-state index contributed by atoms with van der Waals surface area (Å²) < 4.78 is 36.3. The fourth-order valence-electron chi connectivity index (χ4n) is 4.63. The van der Waals surface area contributed by atoms with E-state index in [0.717, 1.165) is 16.2 Å². The Hall–Kier alpha value is -4.36. The number of halogens is 2. The monoisotopic (exact) mass is 613 g/mol. The van der Waals surface area contributed by atoms with Crippen LogP contribution in [0, 0.1) is 5.41 Å². The van der Waals surface area contributed by atoms with E-state index in [0.29, 0.717) is 17.1 Å². The number of carbonyl (C=O) groups is 3. The molecule has 2 heterocycles. The van der Waals surface area contributed by atoms with Gasteiger partial charge in [0.15, 0.2) is 0 Å². The number of aryl methyl sites for hydroxylation is 1. The van der Waals surface area contributed by atoms with E-state index in [-0.39, 0.29) is 24.4 Å². The first-order chi connectivity index (χ1) is 20.5. The predicted molar refractivity (Wildman–Crippen MR) is 158 cm³/mol. The van der Waals surface area contributed by atoms with Crippen molar-refractivity contribution in [2.45, 2.75) is 51.5 Å². The lowest BCUT2D eigenvalue weighted by atomic mass is 10.1. The second-order valence-corrected chi connectivity index (χ2v) is 10.9. The Morgan fingerprint density at radius 2 is 1.74 bits per heavy atom. The quantitative estimate of drug-likeness (QED) is 0.178. The summed E-state index contributed by atoms with van der Waals surface area (Å²) in [5.41, 5.74) is 7.50. The molecule has 0 spiro atoms. The number of nitrogen functional groups attached to an aromatic ring is 1. The van der Waals surface area contributed by atoms with Crippen LogP contribution >= 0.6 is 11.3 Å². The van der Waals surface area contributed by atoms with Crippen molar-refractivity contribution < 1.29 is 32.6 Å². The molecule has 3 atom stereocenters. The summed E-state index contributed by atoms with van der Waals surface area (Å²) in [5.74, 6) is -0.617. The van der Waals surface area contributed by atoms with Gasteiger partial charge < -0.3 is 30.7 Å². The molecule has 1 aromatic heterocycles. The Labute approximate surface area is 251 Å². The Morgan fingerprint density at radius 3 is 2.33 bits per heavy atom. The molecule has 43 heavy (non-hydrogen) atoms. The van der Waals surface area contributed by atoms with Crippen molar-refractivity contribution in [3.63, 3.8) is 0 Å². The Morgan fingerprint density at radius 1 is 1.09 bits per heavy atom. The number of alkyl halides is 2. The molecule has 2 aromatic carbocycles. The number of nitrogens with two attached hydrogens (primary N) is 1. The highest BCUT2D eigenvalue weighted by molar-refractivity contribution is 7.10. The van der Waals surface area contributed by atoms with Crippen LogP contribution in [-0.4, -0.2) is 60.3 Å². The average molecular weight is 614 g/mol. The highest BCUT2D eigenvalue weighted by Gasteiger charge is 2.41. The summed E-state index contributed by atoms with van der Waals surface area (Å²) in [6.07, 6.45) is -0.266. The minimum Gasteiger partial charge on any atom is -0.457 e. The number of nitrogens with one attached hydrogen (secondary N) is 3. The van der Waals surface area contributed by atoms with Crippen LogP contribution in [0.5, 0.6) is 11.5 Å². The number of hydrogen-bond acceptors (Lipinski definition) is 7. The third-order valence-corrected chi connectivity index (χ3v) is 8.10. The van der Waals surface area contributed by atoms with E-state index in [1.54, 1.807) is 42.6 Å². The van der Waals surface area contributed by atoms with E-state index in [4.69, 9.17) is 15.9 Å². The molecule has 4 rings (SSSR count). The van der Waals surface area contributed by atoms with Crippen LogP contribution in [0.1, 0.15) is 52.7 Å². The average Bonchev–Trinajstić information content (AvgIpc) is 3.65. The zero-order valence-corrected chi connectivity index (χ0v) is 24.5. The molecular formula is C30H33F2N5O5S. The number of amides is 3. The van der Waals surface area contributed by atoms with Crippen molar-refractivity contribution in [1.29, 1.82) is 5.41 Å². The van der Waals surface area contributed by atoms with Crippen LogP contribution in [0.4, 0.5) is 8.78 Å². The van der Waals surface area contributed by atoms with Gasteiger partial charge in [-0.15, -0.1) is 11.3 Å². The molecule has 1 aliphatic rings.